The SMILES string of the molecule is COc1[c]cc(Nc2cc(-c3ccccc3OC)ncn2)cc1. The average molecular weight is 306 g/mol. The third-order valence-electron chi connectivity index (χ3n) is 3.33. The van der Waals surface area contributed by atoms with E-state index in [2.05, 4.69) is 21.4 Å². The summed E-state index contributed by atoms with van der Waals surface area (Å²) >= 11 is 0. The van der Waals surface area contributed by atoms with Crippen LogP contribution in [0.1, 0.15) is 0 Å². The maximum atomic E-state index is 5.38. The van der Waals surface area contributed by atoms with E-state index in [1.807, 2.05) is 48.5 Å². The number of nitrogens with one attached hydrogen (secondary N) is 1. The molecule has 3 rings (SSSR count). The fourth-order valence-corrected chi connectivity index (χ4v) is 2.19. The number of hydrogen-bond donors (Lipinski definition) is 1. The summed E-state index contributed by atoms with van der Waals surface area (Å²) in [5, 5.41) is 3.22. The van der Waals surface area contributed by atoms with E-state index in [0.29, 0.717) is 11.6 Å². The molecule has 5 nitrogen and oxygen atoms in total. The fraction of sp³-hybridized carbons (Fsp3) is 0.111. The van der Waals surface area contributed by atoms with Crippen LogP contribution in [-0.4, -0.2) is 24.2 Å². The minimum absolute atomic E-state index is 0.688. The van der Waals surface area contributed by atoms with Gasteiger partial charge in [-0.2, -0.15) is 0 Å². The summed E-state index contributed by atoms with van der Waals surface area (Å²) in [7, 11) is 3.26. The van der Waals surface area contributed by atoms with E-state index in [4.69, 9.17) is 9.47 Å². The molecule has 1 radical (unpaired) electrons. The molecule has 0 aliphatic carbocycles. The topological polar surface area (TPSA) is 56.3 Å². The van der Waals surface area contributed by atoms with Crippen molar-refractivity contribution in [2.45, 2.75) is 0 Å². The first-order valence-electron chi connectivity index (χ1n) is 7.08. The second-order valence-corrected chi connectivity index (χ2v) is 4.76. The maximum Gasteiger partial charge on any atom is 0.134 e. The summed E-state index contributed by atoms with van der Waals surface area (Å²) in [6.07, 6.45) is 1.53. The molecule has 23 heavy (non-hydrogen) atoms. The van der Waals surface area contributed by atoms with E-state index in [-0.39, 0.29) is 0 Å². The van der Waals surface area contributed by atoms with Gasteiger partial charge in [-0.1, -0.05) is 12.1 Å². The zero-order valence-corrected chi connectivity index (χ0v) is 12.9. The van der Waals surface area contributed by atoms with Crippen molar-refractivity contribution in [1.29, 1.82) is 0 Å². The molecular formula is C18H16N3O2. The van der Waals surface area contributed by atoms with Crippen LogP contribution in [-0.2, 0) is 0 Å². The largest absolute Gasteiger partial charge is 0.496 e. The molecule has 115 valence electrons. The first-order valence-corrected chi connectivity index (χ1v) is 7.08. The number of rotatable bonds is 5. The van der Waals surface area contributed by atoms with E-state index in [1.54, 1.807) is 14.2 Å². The molecule has 0 saturated heterocycles. The molecule has 0 amide bonds. The highest BCUT2D eigenvalue weighted by atomic mass is 16.5. The lowest BCUT2D eigenvalue weighted by Crippen LogP contribution is -1.96. The molecule has 1 heterocycles. The van der Waals surface area contributed by atoms with Crippen LogP contribution in [0.4, 0.5) is 11.5 Å². The van der Waals surface area contributed by atoms with Gasteiger partial charge in [0.05, 0.1) is 19.9 Å². The number of methoxy groups -OCH3 is 2. The van der Waals surface area contributed by atoms with E-state index in [9.17, 15) is 0 Å². The Balaban J connectivity index is 1.87. The highest BCUT2D eigenvalue weighted by Crippen LogP contribution is 2.29. The highest BCUT2D eigenvalue weighted by Gasteiger charge is 2.07. The van der Waals surface area contributed by atoms with Gasteiger partial charge in [-0.25, -0.2) is 9.97 Å². The van der Waals surface area contributed by atoms with Gasteiger partial charge in [-0.05, 0) is 30.3 Å². The zero-order chi connectivity index (χ0) is 16.1. The predicted octanol–water partition coefficient (Wildman–Crippen LogP) is 3.70. The number of hydrogen-bond acceptors (Lipinski definition) is 5. The Morgan fingerprint density at radius 1 is 1.00 bits per heavy atom. The molecule has 1 N–H and O–H groups in total. The van der Waals surface area contributed by atoms with E-state index in [1.165, 1.54) is 6.33 Å². The number of ether oxygens (including phenoxy) is 2. The summed E-state index contributed by atoms with van der Waals surface area (Å²) in [5.74, 6) is 2.15. The highest BCUT2D eigenvalue weighted by molar-refractivity contribution is 5.70. The van der Waals surface area contributed by atoms with Gasteiger partial charge in [0.15, 0.2) is 0 Å². The Morgan fingerprint density at radius 2 is 1.87 bits per heavy atom. The van der Waals surface area contributed by atoms with Crippen molar-refractivity contribution in [2.24, 2.45) is 0 Å². The first kappa shape index (κ1) is 14.8. The van der Waals surface area contributed by atoms with Crippen molar-refractivity contribution >= 4 is 11.5 Å². The molecule has 0 saturated carbocycles. The normalized spacial score (nSPS) is 10.2. The van der Waals surface area contributed by atoms with Crippen LogP contribution in [0.25, 0.3) is 11.3 Å². The second kappa shape index (κ2) is 6.79. The Bertz CT molecular complexity index is 788. The lowest BCUT2D eigenvalue weighted by Gasteiger charge is -2.10. The molecule has 0 atom stereocenters. The van der Waals surface area contributed by atoms with Crippen LogP contribution in [0.15, 0.2) is 54.9 Å². The van der Waals surface area contributed by atoms with Gasteiger partial charge in [0.2, 0.25) is 0 Å². The smallest absolute Gasteiger partial charge is 0.134 e. The van der Waals surface area contributed by atoms with E-state index < -0.39 is 0 Å². The summed E-state index contributed by atoms with van der Waals surface area (Å²) in [5.41, 5.74) is 2.58. The average Bonchev–Trinajstić information content (AvgIpc) is 2.62. The van der Waals surface area contributed by atoms with Crippen molar-refractivity contribution in [3.63, 3.8) is 0 Å². The van der Waals surface area contributed by atoms with Crippen LogP contribution in [0, 0.1) is 6.07 Å². The van der Waals surface area contributed by atoms with Crippen LogP contribution in [0.2, 0.25) is 0 Å². The molecule has 2 aromatic carbocycles. The monoisotopic (exact) mass is 306 g/mol. The van der Waals surface area contributed by atoms with Gasteiger partial charge in [0.25, 0.3) is 0 Å². The van der Waals surface area contributed by atoms with Crippen molar-refractivity contribution in [3.8, 4) is 22.8 Å². The molecule has 1 aromatic heterocycles. The maximum absolute atomic E-state index is 5.38. The molecule has 0 bridgehead atoms. The van der Waals surface area contributed by atoms with Gasteiger partial charge < -0.3 is 14.8 Å². The van der Waals surface area contributed by atoms with Crippen LogP contribution < -0.4 is 14.8 Å². The fourth-order valence-electron chi connectivity index (χ4n) is 2.19. The zero-order valence-electron chi connectivity index (χ0n) is 12.9. The van der Waals surface area contributed by atoms with Gasteiger partial charge in [-0.3, -0.25) is 0 Å². The first-order chi connectivity index (χ1) is 11.3. The molecule has 3 aromatic rings. The molecule has 0 aliphatic heterocycles. The van der Waals surface area contributed by atoms with Gasteiger partial charge >= 0.3 is 0 Å². The Kier molecular flexibility index (Phi) is 4.38. The van der Waals surface area contributed by atoms with Crippen molar-refractivity contribution in [3.05, 3.63) is 60.9 Å². The minimum Gasteiger partial charge on any atom is -0.496 e. The lowest BCUT2D eigenvalue weighted by molar-refractivity contribution is 0.414. The summed E-state index contributed by atoms with van der Waals surface area (Å²) in [6, 6.07) is 18.2. The number of para-hydroxylation sites is 1. The van der Waals surface area contributed by atoms with Gasteiger partial charge in [-0.15, -0.1) is 0 Å². The lowest BCUT2D eigenvalue weighted by atomic mass is 10.1. The Morgan fingerprint density at radius 3 is 2.61 bits per heavy atom. The number of aromatic nitrogens is 2. The van der Waals surface area contributed by atoms with Crippen molar-refractivity contribution < 1.29 is 9.47 Å². The second-order valence-electron chi connectivity index (χ2n) is 4.76. The van der Waals surface area contributed by atoms with Crippen molar-refractivity contribution in [1.82, 2.24) is 9.97 Å². The molecule has 0 fully saturated rings. The molecule has 5 heteroatoms. The van der Waals surface area contributed by atoms with Crippen LogP contribution in [0.3, 0.4) is 0 Å². The Hall–Kier alpha value is -3.08. The summed E-state index contributed by atoms with van der Waals surface area (Å²) in [4.78, 5) is 8.58. The van der Waals surface area contributed by atoms with Gasteiger partial charge in [0, 0.05) is 23.4 Å². The van der Waals surface area contributed by atoms with Crippen molar-refractivity contribution in [2.75, 3.05) is 19.5 Å². The molecule has 0 aliphatic rings. The Labute approximate surface area is 134 Å². The van der Waals surface area contributed by atoms with Crippen LogP contribution in [0.5, 0.6) is 11.5 Å². The number of nitrogens with zero attached hydrogens (tertiary/aromatic N) is 2. The molecule has 0 spiro atoms. The van der Waals surface area contributed by atoms with Gasteiger partial charge in [0.1, 0.15) is 23.6 Å². The third kappa shape index (κ3) is 3.40. The quantitative estimate of drug-likeness (QED) is 0.779. The predicted molar refractivity (Wildman–Crippen MR) is 89.1 cm³/mol. The molecular weight excluding hydrogens is 290 g/mol. The minimum atomic E-state index is 0.688. The molecule has 0 unspecified atom stereocenters. The van der Waals surface area contributed by atoms with E-state index in [0.717, 1.165) is 22.7 Å². The van der Waals surface area contributed by atoms with E-state index >= 15 is 0 Å². The summed E-state index contributed by atoms with van der Waals surface area (Å²) < 4.78 is 10.5. The summed E-state index contributed by atoms with van der Waals surface area (Å²) in [6.45, 7) is 0. The number of benzene rings is 2. The van der Waals surface area contributed by atoms with Crippen LogP contribution >= 0.6 is 0 Å². The third-order valence-corrected chi connectivity index (χ3v) is 3.33. The standard InChI is InChI=1S/C18H16N3O2/c1-22-14-9-7-13(8-10-14)21-18-11-16(19-12-20-18)15-5-3-4-6-17(15)23-2/h3-9,11-12H,1-2H3,(H,19,20,21). The number of anilines is 2.